The van der Waals surface area contributed by atoms with Gasteiger partial charge in [0.15, 0.2) is 5.82 Å². The molecule has 0 aliphatic carbocycles. The number of aryl methyl sites for hydroxylation is 1. The number of anilines is 2. The fraction of sp³-hybridized carbons (Fsp3) is 0.261. The highest BCUT2D eigenvalue weighted by molar-refractivity contribution is 6.06. The van der Waals surface area contributed by atoms with Crippen molar-refractivity contribution < 1.29 is 19.0 Å². The van der Waals surface area contributed by atoms with Crippen molar-refractivity contribution in [2.75, 3.05) is 24.4 Å². The Morgan fingerprint density at radius 2 is 2.09 bits per heavy atom. The molecule has 32 heavy (non-hydrogen) atoms. The lowest BCUT2D eigenvalue weighted by molar-refractivity contribution is -0.113. The number of hydrogen-bond donors (Lipinski definition) is 3. The molecule has 1 aromatic heterocycles. The molecule has 0 fully saturated rings. The minimum absolute atomic E-state index is 0.0223. The molecule has 1 amide bonds. The largest absolute Gasteiger partial charge is 0.495 e. The molecule has 1 aliphatic heterocycles. The number of nitrogens with one attached hydrogen (secondary N) is 2. The van der Waals surface area contributed by atoms with Crippen molar-refractivity contribution in [3.63, 3.8) is 0 Å². The highest BCUT2D eigenvalue weighted by Crippen LogP contribution is 2.36. The standard InChI is InChI=1S/C23H24FN5O3/c1-14-20(22(31)26-17-9-3-4-10-18(17)32-2)21(15-7-5-8-16(24)13-15)29-23(25-14)27-19(28-29)11-6-12-30/h3-5,7-10,13,21,30H,6,11-12H2,1-2H3,(H,26,31)(H,25,27,28)/t21-/m0/s1. The van der Waals surface area contributed by atoms with Crippen LogP contribution in [0.4, 0.5) is 16.0 Å². The first-order valence-corrected chi connectivity index (χ1v) is 10.3. The Morgan fingerprint density at radius 1 is 1.28 bits per heavy atom. The molecular weight excluding hydrogens is 413 g/mol. The van der Waals surface area contributed by atoms with E-state index in [4.69, 9.17) is 9.84 Å². The Morgan fingerprint density at radius 3 is 2.84 bits per heavy atom. The summed E-state index contributed by atoms with van der Waals surface area (Å²) in [7, 11) is 1.53. The van der Waals surface area contributed by atoms with Crippen molar-refractivity contribution in [3.8, 4) is 5.75 Å². The average Bonchev–Trinajstić information content (AvgIpc) is 3.19. The number of hydrogen-bond acceptors (Lipinski definition) is 6. The maximum absolute atomic E-state index is 14.1. The first-order valence-electron chi connectivity index (χ1n) is 10.3. The third-order valence-electron chi connectivity index (χ3n) is 5.22. The Balaban J connectivity index is 1.77. The Bertz CT molecular complexity index is 1170. The lowest BCUT2D eigenvalue weighted by atomic mass is 9.95. The zero-order valence-corrected chi connectivity index (χ0v) is 17.8. The molecule has 0 spiro atoms. The smallest absolute Gasteiger partial charge is 0.255 e. The molecule has 9 heteroatoms. The summed E-state index contributed by atoms with van der Waals surface area (Å²) in [6.45, 7) is 1.80. The number of methoxy groups -OCH3 is 1. The first-order chi connectivity index (χ1) is 15.5. The van der Waals surface area contributed by atoms with Gasteiger partial charge in [0.25, 0.3) is 5.91 Å². The number of benzene rings is 2. The van der Waals surface area contributed by atoms with Crippen LogP contribution in [0.5, 0.6) is 5.75 Å². The summed E-state index contributed by atoms with van der Waals surface area (Å²) in [4.78, 5) is 17.9. The second kappa shape index (κ2) is 9.19. The number of aliphatic hydroxyl groups is 1. The fourth-order valence-corrected chi connectivity index (χ4v) is 3.75. The number of carbonyl (C=O) groups is 1. The van der Waals surface area contributed by atoms with E-state index in [1.807, 2.05) is 6.07 Å². The Hall–Kier alpha value is -3.72. The van der Waals surface area contributed by atoms with Gasteiger partial charge in [-0.3, -0.25) is 4.79 Å². The van der Waals surface area contributed by atoms with Crippen LogP contribution in [-0.4, -0.2) is 39.5 Å². The summed E-state index contributed by atoms with van der Waals surface area (Å²) in [6, 6.07) is 12.5. The molecule has 0 bridgehead atoms. The molecule has 3 N–H and O–H groups in total. The number of allylic oxidation sites excluding steroid dienone is 1. The van der Waals surface area contributed by atoms with Gasteiger partial charge in [0, 0.05) is 18.7 Å². The van der Waals surface area contributed by atoms with Gasteiger partial charge in [-0.15, -0.1) is 0 Å². The van der Waals surface area contributed by atoms with Gasteiger partial charge in [0.1, 0.15) is 17.6 Å². The van der Waals surface area contributed by atoms with Gasteiger partial charge in [-0.05, 0) is 43.2 Å². The highest BCUT2D eigenvalue weighted by Gasteiger charge is 2.34. The van der Waals surface area contributed by atoms with Crippen LogP contribution in [0.1, 0.15) is 30.8 Å². The molecule has 3 aromatic rings. The van der Waals surface area contributed by atoms with Gasteiger partial charge in [-0.2, -0.15) is 10.1 Å². The third kappa shape index (κ3) is 4.19. The predicted molar refractivity (Wildman–Crippen MR) is 118 cm³/mol. The fourth-order valence-electron chi connectivity index (χ4n) is 3.75. The van der Waals surface area contributed by atoms with Crippen LogP contribution >= 0.6 is 0 Å². The van der Waals surface area contributed by atoms with Crippen LogP contribution in [0, 0.1) is 5.82 Å². The number of nitrogens with zero attached hydrogens (tertiary/aromatic N) is 3. The molecule has 8 nitrogen and oxygen atoms in total. The zero-order chi connectivity index (χ0) is 22.7. The summed E-state index contributed by atoms with van der Waals surface area (Å²) in [6.07, 6.45) is 0.998. The van der Waals surface area contributed by atoms with Gasteiger partial charge < -0.3 is 20.5 Å². The number of fused-ring (bicyclic) bond motifs is 1. The van der Waals surface area contributed by atoms with E-state index in [1.54, 1.807) is 41.9 Å². The van der Waals surface area contributed by atoms with Crippen LogP contribution in [0.15, 0.2) is 59.8 Å². The van der Waals surface area contributed by atoms with E-state index in [2.05, 4.69) is 20.7 Å². The van der Waals surface area contributed by atoms with Gasteiger partial charge in [-0.25, -0.2) is 9.07 Å². The maximum atomic E-state index is 14.1. The summed E-state index contributed by atoms with van der Waals surface area (Å²) in [5.41, 5.74) is 2.05. The second-order valence-electron chi connectivity index (χ2n) is 7.40. The number of para-hydroxylation sites is 2. The van der Waals surface area contributed by atoms with Crippen LogP contribution in [0.3, 0.4) is 0 Å². The van der Waals surface area contributed by atoms with Gasteiger partial charge in [-0.1, -0.05) is 24.3 Å². The number of carbonyl (C=O) groups excluding carboxylic acids is 1. The van der Waals surface area contributed by atoms with Crippen molar-refractivity contribution >= 4 is 17.5 Å². The summed E-state index contributed by atoms with van der Waals surface area (Å²) < 4.78 is 21.0. The third-order valence-corrected chi connectivity index (χ3v) is 5.22. The average molecular weight is 437 g/mol. The van der Waals surface area contributed by atoms with E-state index in [1.165, 1.54) is 19.2 Å². The number of rotatable bonds is 7. The minimum Gasteiger partial charge on any atom is -0.495 e. The number of halogens is 1. The topological polar surface area (TPSA) is 101 Å². The van der Waals surface area contributed by atoms with Crippen molar-refractivity contribution in [3.05, 3.63) is 77.0 Å². The molecule has 2 aromatic carbocycles. The van der Waals surface area contributed by atoms with E-state index in [9.17, 15) is 9.18 Å². The lowest BCUT2D eigenvalue weighted by Gasteiger charge is -2.28. The first kappa shape index (κ1) is 21.5. The molecule has 166 valence electrons. The quantitative estimate of drug-likeness (QED) is 0.524. The molecule has 1 atom stereocenters. The lowest BCUT2D eigenvalue weighted by Crippen LogP contribution is -2.31. The summed E-state index contributed by atoms with van der Waals surface area (Å²) in [5, 5.41) is 19.7. The molecule has 2 heterocycles. The van der Waals surface area contributed by atoms with Crippen LogP contribution in [-0.2, 0) is 11.2 Å². The predicted octanol–water partition coefficient (Wildman–Crippen LogP) is 3.28. The van der Waals surface area contributed by atoms with E-state index >= 15 is 0 Å². The van der Waals surface area contributed by atoms with Crippen molar-refractivity contribution in [1.82, 2.24) is 14.8 Å². The Kier molecular flexibility index (Phi) is 6.18. The van der Waals surface area contributed by atoms with Crippen LogP contribution < -0.4 is 15.4 Å². The van der Waals surface area contributed by atoms with E-state index in [0.29, 0.717) is 52.9 Å². The molecule has 0 saturated carbocycles. The molecule has 1 aliphatic rings. The summed E-state index contributed by atoms with van der Waals surface area (Å²) >= 11 is 0. The summed E-state index contributed by atoms with van der Waals surface area (Å²) in [5.74, 6) is 0.732. The van der Waals surface area contributed by atoms with E-state index < -0.39 is 11.9 Å². The van der Waals surface area contributed by atoms with Crippen LogP contribution in [0.25, 0.3) is 0 Å². The van der Waals surface area contributed by atoms with Crippen molar-refractivity contribution in [2.24, 2.45) is 0 Å². The number of amides is 1. The van der Waals surface area contributed by atoms with Crippen molar-refractivity contribution in [2.45, 2.75) is 25.8 Å². The number of aromatic nitrogens is 3. The number of ether oxygens (including phenoxy) is 1. The van der Waals surface area contributed by atoms with Gasteiger partial charge >= 0.3 is 0 Å². The zero-order valence-electron chi connectivity index (χ0n) is 17.8. The van der Waals surface area contributed by atoms with Gasteiger partial charge in [0.2, 0.25) is 5.95 Å². The van der Waals surface area contributed by atoms with Crippen LogP contribution in [0.2, 0.25) is 0 Å². The molecule has 0 radical (unpaired) electrons. The molecule has 0 saturated heterocycles. The SMILES string of the molecule is COc1ccccc1NC(=O)C1=C(C)Nc2nc(CCCO)nn2[C@H]1c1cccc(F)c1. The second-order valence-corrected chi connectivity index (χ2v) is 7.40. The highest BCUT2D eigenvalue weighted by atomic mass is 19.1. The number of aliphatic hydroxyl groups excluding tert-OH is 1. The van der Waals surface area contributed by atoms with E-state index in [0.717, 1.165) is 0 Å². The monoisotopic (exact) mass is 437 g/mol. The molecular formula is C23H24FN5O3. The molecule has 0 unspecified atom stereocenters. The Labute approximate surface area is 184 Å². The van der Waals surface area contributed by atoms with Gasteiger partial charge in [0.05, 0.1) is 18.4 Å². The van der Waals surface area contributed by atoms with E-state index in [-0.39, 0.29) is 12.5 Å². The minimum atomic E-state index is -0.688. The maximum Gasteiger partial charge on any atom is 0.255 e. The van der Waals surface area contributed by atoms with Crippen molar-refractivity contribution in [1.29, 1.82) is 0 Å². The normalized spacial score (nSPS) is 15.2. The molecule has 4 rings (SSSR count).